The van der Waals surface area contributed by atoms with E-state index in [2.05, 4.69) is 21.6 Å². The molecule has 2 aromatic rings. The molecule has 1 fully saturated rings. The Labute approximate surface area is 148 Å². The lowest BCUT2D eigenvalue weighted by molar-refractivity contribution is -0.278. The summed E-state index contributed by atoms with van der Waals surface area (Å²) in [7, 11) is 0. The number of aliphatic hydroxyl groups is 4. The molecular formula is C16H22N2O6S. The molecule has 0 unspecified atom stereocenters. The third-order valence-corrected chi connectivity index (χ3v) is 5.30. The van der Waals surface area contributed by atoms with E-state index in [0.717, 1.165) is 16.1 Å². The molecule has 9 heteroatoms. The highest BCUT2D eigenvalue weighted by molar-refractivity contribution is 7.10. The summed E-state index contributed by atoms with van der Waals surface area (Å²) in [6.07, 6.45) is -6.04. The highest BCUT2D eigenvalue weighted by Gasteiger charge is 2.45. The van der Waals surface area contributed by atoms with Crippen molar-refractivity contribution >= 4 is 11.3 Å². The van der Waals surface area contributed by atoms with Gasteiger partial charge in [-0.15, -0.1) is 16.4 Å². The first-order chi connectivity index (χ1) is 11.9. The number of nitrogens with one attached hydrogen (secondary N) is 1. The summed E-state index contributed by atoms with van der Waals surface area (Å²) in [5.41, 5.74) is 2.82. The van der Waals surface area contributed by atoms with Gasteiger partial charge >= 0.3 is 0 Å². The molecule has 138 valence electrons. The third-order valence-electron chi connectivity index (χ3n) is 4.25. The molecule has 0 aliphatic carbocycles. The summed E-state index contributed by atoms with van der Waals surface area (Å²) in [5, 5.41) is 48.0. The van der Waals surface area contributed by atoms with Crippen molar-refractivity contribution < 1.29 is 29.9 Å². The Bertz CT molecular complexity index is 715. The largest absolute Gasteiger partial charge is 0.443 e. The molecule has 5 N–H and O–H groups in total. The number of ether oxygens (including phenoxy) is 2. The van der Waals surface area contributed by atoms with Gasteiger partial charge in [-0.25, -0.2) is 0 Å². The highest BCUT2D eigenvalue weighted by atomic mass is 32.1. The summed E-state index contributed by atoms with van der Waals surface area (Å²) in [6, 6.07) is 2.08. The minimum atomic E-state index is -1.49. The van der Waals surface area contributed by atoms with Crippen molar-refractivity contribution in [1.29, 1.82) is 0 Å². The monoisotopic (exact) mass is 370 g/mol. The van der Waals surface area contributed by atoms with Crippen LogP contribution in [0.3, 0.4) is 0 Å². The first kappa shape index (κ1) is 18.3. The molecule has 2 aromatic heterocycles. The lowest BCUT2D eigenvalue weighted by atomic mass is 9.99. The van der Waals surface area contributed by atoms with Crippen LogP contribution >= 0.6 is 11.3 Å². The maximum absolute atomic E-state index is 10.1. The maximum Gasteiger partial charge on any atom is 0.238 e. The van der Waals surface area contributed by atoms with Crippen molar-refractivity contribution in [2.75, 3.05) is 6.61 Å². The van der Waals surface area contributed by atoms with Crippen molar-refractivity contribution in [3.05, 3.63) is 33.1 Å². The Kier molecular flexibility index (Phi) is 5.42. The minimum absolute atomic E-state index is 0.257. The molecule has 5 atom stereocenters. The Morgan fingerprint density at radius 1 is 1.24 bits per heavy atom. The number of aromatic nitrogens is 2. The van der Waals surface area contributed by atoms with Crippen LogP contribution in [0.4, 0.5) is 0 Å². The summed E-state index contributed by atoms with van der Waals surface area (Å²) in [6.45, 7) is 3.38. The highest BCUT2D eigenvalue weighted by Crippen LogP contribution is 2.29. The van der Waals surface area contributed by atoms with Crippen molar-refractivity contribution in [1.82, 2.24) is 10.2 Å². The molecule has 25 heavy (non-hydrogen) atoms. The van der Waals surface area contributed by atoms with Gasteiger partial charge in [0.05, 0.1) is 6.61 Å². The number of rotatable bonds is 5. The fraction of sp³-hybridized carbons (Fsp3) is 0.562. The standard InChI is InChI=1S/C16H22N2O6S/c1-7-3-9(25-6-7)4-10-8(2)17-18-15(10)24-16-14(22)13(21)12(20)11(5-19)23-16/h3,6,11-14,16,19-22H,4-5H2,1-2H3,(H,17,18)/t11-,12-,13+,14-,16+/m1/s1. The van der Waals surface area contributed by atoms with Crippen molar-refractivity contribution in [3.63, 3.8) is 0 Å². The molecule has 1 aliphatic rings. The molecule has 1 saturated heterocycles. The van der Waals surface area contributed by atoms with Gasteiger partial charge in [-0.05, 0) is 30.9 Å². The second kappa shape index (κ2) is 7.40. The van der Waals surface area contributed by atoms with Crippen LogP contribution in [0.25, 0.3) is 0 Å². The zero-order valence-corrected chi connectivity index (χ0v) is 14.7. The fourth-order valence-corrected chi connectivity index (χ4v) is 3.65. The molecule has 8 nitrogen and oxygen atoms in total. The zero-order valence-electron chi connectivity index (χ0n) is 13.9. The molecule has 0 spiro atoms. The van der Waals surface area contributed by atoms with E-state index in [9.17, 15) is 20.4 Å². The predicted molar refractivity (Wildman–Crippen MR) is 89.6 cm³/mol. The first-order valence-electron chi connectivity index (χ1n) is 7.95. The average Bonchev–Trinajstić information content (AvgIpc) is 3.15. The first-order valence-corrected chi connectivity index (χ1v) is 8.83. The average molecular weight is 370 g/mol. The zero-order chi connectivity index (χ0) is 18.1. The molecule has 3 heterocycles. The smallest absolute Gasteiger partial charge is 0.238 e. The summed E-state index contributed by atoms with van der Waals surface area (Å²) in [5.74, 6) is 0.257. The Morgan fingerprint density at radius 3 is 2.64 bits per heavy atom. The van der Waals surface area contributed by atoms with Gasteiger partial charge in [-0.2, -0.15) is 0 Å². The predicted octanol–water partition coefficient (Wildman–Crippen LogP) is -0.142. The number of thiophene rings is 1. The van der Waals surface area contributed by atoms with Crippen LogP contribution in [-0.4, -0.2) is 67.9 Å². The van der Waals surface area contributed by atoms with Gasteiger partial charge in [0, 0.05) is 22.6 Å². The van der Waals surface area contributed by atoms with E-state index in [1.54, 1.807) is 11.3 Å². The van der Waals surface area contributed by atoms with Gasteiger partial charge < -0.3 is 29.9 Å². The van der Waals surface area contributed by atoms with E-state index in [-0.39, 0.29) is 5.88 Å². The topological polar surface area (TPSA) is 128 Å². The van der Waals surface area contributed by atoms with Crippen LogP contribution in [0.2, 0.25) is 0 Å². The number of nitrogens with zero attached hydrogens (tertiary/aromatic N) is 1. The number of aryl methyl sites for hydroxylation is 2. The molecule has 3 rings (SSSR count). The SMILES string of the molecule is Cc1csc(Cc2c(O[C@@H]3O[C@H](CO)[C@@H](O)[C@H](O)[C@H]3O)n[nH]c2C)c1. The van der Waals surface area contributed by atoms with E-state index < -0.39 is 37.3 Å². The third kappa shape index (κ3) is 3.71. The normalized spacial score (nSPS) is 29.8. The number of aliphatic hydroxyl groups excluding tert-OH is 4. The van der Waals surface area contributed by atoms with E-state index >= 15 is 0 Å². The molecule has 0 amide bonds. The molecule has 1 aliphatic heterocycles. The van der Waals surface area contributed by atoms with Crippen LogP contribution in [0.5, 0.6) is 5.88 Å². The van der Waals surface area contributed by atoms with Crippen LogP contribution in [0.15, 0.2) is 11.4 Å². The van der Waals surface area contributed by atoms with Gasteiger partial charge in [0.2, 0.25) is 12.2 Å². The maximum atomic E-state index is 10.1. The quantitative estimate of drug-likeness (QED) is 0.495. The minimum Gasteiger partial charge on any atom is -0.443 e. The summed E-state index contributed by atoms with van der Waals surface area (Å²) < 4.78 is 11.0. The number of H-pyrrole nitrogens is 1. The van der Waals surface area contributed by atoms with Gasteiger partial charge in [0.25, 0.3) is 0 Å². The van der Waals surface area contributed by atoms with Crippen LogP contribution in [0.1, 0.15) is 21.7 Å². The number of aromatic amines is 1. The second-order valence-electron chi connectivity index (χ2n) is 6.21. The Morgan fingerprint density at radius 2 is 2.00 bits per heavy atom. The Balaban J connectivity index is 1.78. The van der Waals surface area contributed by atoms with Gasteiger partial charge in [-0.1, -0.05) is 0 Å². The summed E-state index contributed by atoms with van der Waals surface area (Å²) in [4.78, 5) is 1.14. The van der Waals surface area contributed by atoms with E-state index in [0.29, 0.717) is 6.42 Å². The second-order valence-corrected chi connectivity index (χ2v) is 7.21. The molecule has 0 aromatic carbocycles. The molecular weight excluding hydrogens is 348 g/mol. The van der Waals surface area contributed by atoms with E-state index in [1.165, 1.54) is 5.56 Å². The van der Waals surface area contributed by atoms with E-state index in [4.69, 9.17) is 9.47 Å². The van der Waals surface area contributed by atoms with Crippen LogP contribution < -0.4 is 4.74 Å². The van der Waals surface area contributed by atoms with Crippen LogP contribution in [0, 0.1) is 13.8 Å². The van der Waals surface area contributed by atoms with Crippen molar-refractivity contribution in [2.24, 2.45) is 0 Å². The number of hydrogen-bond donors (Lipinski definition) is 5. The van der Waals surface area contributed by atoms with Gasteiger partial charge in [0.1, 0.15) is 24.4 Å². The van der Waals surface area contributed by atoms with Crippen molar-refractivity contribution in [3.8, 4) is 5.88 Å². The van der Waals surface area contributed by atoms with Crippen molar-refractivity contribution in [2.45, 2.75) is 51.0 Å². The van der Waals surface area contributed by atoms with E-state index in [1.807, 2.05) is 13.8 Å². The van der Waals surface area contributed by atoms with Gasteiger partial charge in [0.15, 0.2) is 0 Å². The Hall–Kier alpha value is -1.49. The molecule has 0 radical (unpaired) electrons. The molecule has 0 bridgehead atoms. The number of hydrogen-bond acceptors (Lipinski definition) is 8. The van der Waals surface area contributed by atoms with Crippen LogP contribution in [-0.2, 0) is 11.2 Å². The fourth-order valence-electron chi connectivity index (χ4n) is 2.77. The summed E-state index contributed by atoms with van der Waals surface area (Å²) >= 11 is 1.63. The lowest BCUT2D eigenvalue weighted by Gasteiger charge is -2.39. The lowest BCUT2D eigenvalue weighted by Crippen LogP contribution is -2.60. The van der Waals surface area contributed by atoms with Gasteiger partial charge in [-0.3, -0.25) is 5.10 Å². The molecule has 0 saturated carbocycles.